The fourth-order valence-electron chi connectivity index (χ4n) is 3.56. The lowest BCUT2D eigenvalue weighted by molar-refractivity contribution is -0.139. The van der Waals surface area contributed by atoms with Gasteiger partial charge in [-0.2, -0.15) is 0 Å². The van der Waals surface area contributed by atoms with E-state index in [1.807, 2.05) is 6.07 Å². The largest absolute Gasteiger partial charge is 0.454 e. The summed E-state index contributed by atoms with van der Waals surface area (Å²) in [4.78, 5) is 61.6. The van der Waals surface area contributed by atoms with Crippen molar-refractivity contribution in [3.63, 3.8) is 0 Å². The van der Waals surface area contributed by atoms with Crippen molar-refractivity contribution in [3.05, 3.63) is 101 Å². The van der Waals surface area contributed by atoms with Gasteiger partial charge in [0.1, 0.15) is 0 Å². The fraction of sp³-hybridized carbons (Fsp3) is 0.148. The van der Waals surface area contributed by atoms with Gasteiger partial charge in [0.15, 0.2) is 12.4 Å². The summed E-state index contributed by atoms with van der Waals surface area (Å²) >= 11 is 0. The third-order valence-corrected chi connectivity index (χ3v) is 5.52. The first kappa shape index (κ1) is 23.6. The number of esters is 1. The highest BCUT2D eigenvalue weighted by atomic mass is 16.5. The maximum Gasteiger partial charge on any atom is 0.338 e. The summed E-state index contributed by atoms with van der Waals surface area (Å²) in [7, 11) is 0. The summed E-state index contributed by atoms with van der Waals surface area (Å²) in [5.74, 6) is -1.72. The molecule has 8 heteroatoms. The van der Waals surface area contributed by atoms with Gasteiger partial charge in [-0.3, -0.25) is 24.1 Å². The Labute approximate surface area is 201 Å². The number of amides is 3. The molecule has 0 bridgehead atoms. The normalized spacial score (nSPS) is 13.0. The molecule has 1 fully saturated rings. The van der Waals surface area contributed by atoms with Crippen LogP contribution in [-0.4, -0.2) is 41.0 Å². The molecule has 0 aliphatic carbocycles. The average molecular weight is 470 g/mol. The summed E-state index contributed by atoms with van der Waals surface area (Å²) in [6, 6.07) is 21.4. The van der Waals surface area contributed by atoms with E-state index < -0.39 is 12.6 Å². The molecule has 8 nitrogen and oxygen atoms in total. The first-order chi connectivity index (χ1) is 16.9. The lowest BCUT2D eigenvalue weighted by atomic mass is 10.1. The molecule has 3 aromatic carbocycles. The Morgan fingerprint density at radius 2 is 1.34 bits per heavy atom. The number of nitrogens with zero attached hydrogens (tertiary/aromatic N) is 1. The molecule has 176 valence electrons. The molecule has 1 aliphatic rings. The molecular formula is C27H22N2O6. The van der Waals surface area contributed by atoms with E-state index in [-0.39, 0.29) is 48.5 Å². The molecule has 1 heterocycles. The van der Waals surface area contributed by atoms with Crippen LogP contribution < -0.4 is 5.32 Å². The minimum absolute atomic E-state index is 0.160. The Balaban J connectivity index is 1.28. The Morgan fingerprint density at radius 1 is 0.743 bits per heavy atom. The number of ether oxygens (including phenoxy) is 1. The quantitative estimate of drug-likeness (QED) is 0.306. The van der Waals surface area contributed by atoms with Gasteiger partial charge in [0, 0.05) is 29.7 Å². The number of imide groups is 1. The van der Waals surface area contributed by atoms with E-state index in [4.69, 9.17) is 4.74 Å². The predicted octanol–water partition coefficient (Wildman–Crippen LogP) is 3.63. The SMILES string of the molecule is O=C(COC(=O)c1ccc(CN2C(=O)CCC2=O)cc1)c1ccc(NC(=O)c2ccccc2)cc1. The number of likely N-dealkylation sites (tertiary alicyclic amines) is 1. The second kappa shape index (κ2) is 10.6. The summed E-state index contributed by atoms with van der Waals surface area (Å²) in [6.07, 6.45) is 0.449. The minimum Gasteiger partial charge on any atom is -0.454 e. The van der Waals surface area contributed by atoms with Crippen LogP contribution in [-0.2, 0) is 20.9 Å². The van der Waals surface area contributed by atoms with E-state index in [0.29, 0.717) is 22.4 Å². The molecule has 0 spiro atoms. The molecule has 35 heavy (non-hydrogen) atoms. The van der Waals surface area contributed by atoms with E-state index in [2.05, 4.69) is 5.32 Å². The van der Waals surface area contributed by atoms with Crippen molar-refractivity contribution in [1.29, 1.82) is 0 Å². The van der Waals surface area contributed by atoms with Gasteiger partial charge < -0.3 is 10.1 Å². The Hall–Kier alpha value is -4.59. The van der Waals surface area contributed by atoms with Crippen LogP contribution in [0.1, 0.15) is 49.5 Å². The summed E-state index contributed by atoms with van der Waals surface area (Å²) in [6.45, 7) is -0.277. The summed E-state index contributed by atoms with van der Waals surface area (Å²) in [5.41, 5.74) is 2.35. The molecule has 1 saturated heterocycles. The highest BCUT2D eigenvalue weighted by Gasteiger charge is 2.28. The number of carbonyl (C=O) groups excluding carboxylic acids is 5. The van der Waals surface area contributed by atoms with Gasteiger partial charge in [-0.1, -0.05) is 30.3 Å². The zero-order valence-electron chi connectivity index (χ0n) is 18.7. The van der Waals surface area contributed by atoms with E-state index in [1.54, 1.807) is 60.7 Å². The highest BCUT2D eigenvalue weighted by molar-refractivity contribution is 6.05. The van der Waals surface area contributed by atoms with Crippen molar-refractivity contribution in [2.75, 3.05) is 11.9 Å². The number of rotatable bonds is 8. The lowest BCUT2D eigenvalue weighted by Gasteiger charge is -2.13. The zero-order chi connectivity index (χ0) is 24.8. The van der Waals surface area contributed by atoms with Crippen LogP contribution in [0.4, 0.5) is 5.69 Å². The van der Waals surface area contributed by atoms with E-state index in [1.165, 1.54) is 17.0 Å². The fourth-order valence-corrected chi connectivity index (χ4v) is 3.56. The molecule has 1 aliphatic heterocycles. The smallest absolute Gasteiger partial charge is 0.338 e. The van der Waals surface area contributed by atoms with Crippen molar-refractivity contribution in [1.82, 2.24) is 4.90 Å². The van der Waals surface area contributed by atoms with Crippen molar-refractivity contribution in [2.45, 2.75) is 19.4 Å². The van der Waals surface area contributed by atoms with Gasteiger partial charge in [0.2, 0.25) is 11.8 Å². The molecule has 0 saturated carbocycles. The topological polar surface area (TPSA) is 110 Å². The number of ketones is 1. The maximum absolute atomic E-state index is 12.4. The number of carbonyl (C=O) groups is 5. The number of benzene rings is 3. The van der Waals surface area contributed by atoms with Crippen molar-refractivity contribution < 1.29 is 28.7 Å². The molecule has 3 amide bonds. The first-order valence-corrected chi connectivity index (χ1v) is 11.0. The second-order valence-electron chi connectivity index (χ2n) is 7.97. The number of Topliss-reactive ketones (excluding diaryl/α,β-unsaturated/α-hetero) is 1. The summed E-state index contributed by atoms with van der Waals surface area (Å²) in [5, 5.41) is 2.75. The van der Waals surface area contributed by atoms with Crippen molar-refractivity contribution >= 4 is 35.2 Å². The molecule has 0 radical (unpaired) electrons. The third kappa shape index (κ3) is 5.86. The van der Waals surface area contributed by atoms with Crippen LogP contribution in [0, 0.1) is 0 Å². The zero-order valence-corrected chi connectivity index (χ0v) is 18.7. The monoisotopic (exact) mass is 470 g/mol. The van der Waals surface area contributed by atoms with Gasteiger partial charge in [-0.05, 0) is 54.1 Å². The van der Waals surface area contributed by atoms with E-state index in [0.717, 1.165) is 0 Å². The Kier molecular flexibility index (Phi) is 7.11. The van der Waals surface area contributed by atoms with Gasteiger partial charge in [0.05, 0.1) is 12.1 Å². The molecule has 0 unspecified atom stereocenters. The molecule has 4 rings (SSSR count). The van der Waals surface area contributed by atoms with E-state index in [9.17, 15) is 24.0 Å². The number of nitrogens with one attached hydrogen (secondary N) is 1. The first-order valence-electron chi connectivity index (χ1n) is 11.0. The Bertz CT molecular complexity index is 1250. The van der Waals surface area contributed by atoms with Crippen LogP contribution in [0.2, 0.25) is 0 Å². The predicted molar refractivity (Wildman–Crippen MR) is 127 cm³/mol. The van der Waals surface area contributed by atoms with Crippen LogP contribution in [0.3, 0.4) is 0 Å². The average Bonchev–Trinajstić information content (AvgIpc) is 3.20. The van der Waals surface area contributed by atoms with Gasteiger partial charge in [-0.15, -0.1) is 0 Å². The molecule has 0 aromatic heterocycles. The van der Waals surface area contributed by atoms with Crippen LogP contribution >= 0.6 is 0 Å². The number of anilines is 1. The maximum atomic E-state index is 12.4. The molecule has 1 N–H and O–H groups in total. The lowest BCUT2D eigenvalue weighted by Crippen LogP contribution is -2.28. The molecular weight excluding hydrogens is 448 g/mol. The van der Waals surface area contributed by atoms with Gasteiger partial charge >= 0.3 is 5.97 Å². The highest BCUT2D eigenvalue weighted by Crippen LogP contribution is 2.17. The van der Waals surface area contributed by atoms with Crippen LogP contribution in [0.5, 0.6) is 0 Å². The number of hydrogen-bond acceptors (Lipinski definition) is 6. The van der Waals surface area contributed by atoms with Crippen molar-refractivity contribution in [2.24, 2.45) is 0 Å². The van der Waals surface area contributed by atoms with E-state index >= 15 is 0 Å². The molecule has 3 aromatic rings. The van der Waals surface area contributed by atoms with Crippen molar-refractivity contribution in [3.8, 4) is 0 Å². The standard InChI is InChI=1S/C27H22N2O6/c30-23(19-10-12-22(13-11-19)28-26(33)20-4-2-1-3-5-20)17-35-27(34)21-8-6-18(7-9-21)16-29-24(31)14-15-25(29)32/h1-13H,14-17H2,(H,28,33). The summed E-state index contributed by atoms with van der Waals surface area (Å²) < 4.78 is 5.13. The van der Waals surface area contributed by atoms with Gasteiger partial charge in [-0.25, -0.2) is 4.79 Å². The van der Waals surface area contributed by atoms with Crippen LogP contribution in [0.15, 0.2) is 78.9 Å². The van der Waals surface area contributed by atoms with Crippen LogP contribution in [0.25, 0.3) is 0 Å². The van der Waals surface area contributed by atoms with Gasteiger partial charge in [0.25, 0.3) is 5.91 Å². The second-order valence-corrected chi connectivity index (χ2v) is 7.97. The molecule has 0 atom stereocenters. The minimum atomic E-state index is -0.662. The third-order valence-electron chi connectivity index (χ3n) is 5.52. The number of hydrogen-bond donors (Lipinski definition) is 1. The Morgan fingerprint density at radius 3 is 1.97 bits per heavy atom.